The van der Waals surface area contributed by atoms with Crippen LogP contribution in [0.3, 0.4) is 0 Å². The Morgan fingerprint density at radius 3 is 2.00 bits per heavy atom. The van der Waals surface area contributed by atoms with E-state index in [4.69, 9.17) is 14.2 Å². The van der Waals surface area contributed by atoms with Crippen LogP contribution in [-0.2, 0) is 9.59 Å². The van der Waals surface area contributed by atoms with Crippen LogP contribution in [0.25, 0.3) is 10.9 Å². The molecule has 212 valence electrons. The van der Waals surface area contributed by atoms with Crippen molar-refractivity contribution in [2.45, 2.75) is 25.7 Å². The second kappa shape index (κ2) is 12.2. The van der Waals surface area contributed by atoms with Crippen molar-refractivity contribution < 1.29 is 32.6 Å². The van der Waals surface area contributed by atoms with Crippen molar-refractivity contribution in [2.24, 2.45) is 11.8 Å². The summed E-state index contributed by atoms with van der Waals surface area (Å²) in [5.41, 5.74) is 1.28. The number of nitrogens with zero attached hydrogens (tertiary/aromatic N) is 1. The van der Waals surface area contributed by atoms with Crippen molar-refractivity contribution in [3.8, 4) is 23.0 Å². The number of pyridine rings is 1. The standard InChI is InChI=1S/C31H29F2N3O5/c1-39-28-16-23-25(17-29(28)40-2)34-14-13-26(23)41-27-12-11-20(15-24(27)33)36-31(38)22-6-4-3-5-21(22)30(37)35-19-9-7-18(32)8-10-19/h7-17,21-22H,3-6H2,1-2H3,(H,35,37)(H,36,38)/t21-,22+/m1/s1. The molecule has 0 saturated heterocycles. The topological polar surface area (TPSA) is 98.8 Å². The minimum absolute atomic E-state index is 0.0421. The zero-order valence-corrected chi connectivity index (χ0v) is 22.6. The van der Waals surface area contributed by atoms with Gasteiger partial charge in [0.1, 0.15) is 11.6 Å². The van der Waals surface area contributed by atoms with Crippen molar-refractivity contribution >= 4 is 34.1 Å². The molecule has 1 aliphatic rings. The van der Waals surface area contributed by atoms with Gasteiger partial charge in [-0.05, 0) is 61.4 Å². The maximum absolute atomic E-state index is 15.1. The van der Waals surface area contributed by atoms with E-state index >= 15 is 4.39 Å². The van der Waals surface area contributed by atoms with Crippen LogP contribution in [0.4, 0.5) is 20.2 Å². The molecule has 0 aliphatic heterocycles. The van der Waals surface area contributed by atoms with Gasteiger partial charge >= 0.3 is 0 Å². The summed E-state index contributed by atoms with van der Waals surface area (Å²) in [6.45, 7) is 0. The van der Waals surface area contributed by atoms with Crippen LogP contribution in [0, 0.1) is 23.5 Å². The van der Waals surface area contributed by atoms with Gasteiger partial charge in [-0.25, -0.2) is 8.78 Å². The number of carbonyl (C=O) groups excluding carboxylic acids is 2. The molecule has 1 fully saturated rings. The molecule has 41 heavy (non-hydrogen) atoms. The van der Waals surface area contributed by atoms with Crippen LogP contribution in [0.15, 0.2) is 66.9 Å². The molecule has 2 N–H and O–H groups in total. The molecule has 1 saturated carbocycles. The monoisotopic (exact) mass is 561 g/mol. The number of hydrogen-bond donors (Lipinski definition) is 2. The Kier molecular flexibility index (Phi) is 8.28. The normalized spacial score (nSPS) is 16.6. The maximum atomic E-state index is 15.1. The van der Waals surface area contributed by atoms with Gasteiger partial charge in [-0.1, -0.05) is 12.8 Å². The lowest BCUT2D eigenvalue weighted by Gasteiger charge is -2.29. The molecule has 0 radical (unpaired) electrons. The number of halogens is 2. The SMILES string of the molecule is COc1cc2nccc(Oc3ccc(NC(=O)[C@H]4CCCC[C@H]4C(=O)Nc4ccc(F)cc4)cc3F)c2cc1OC. The van der Waals surface area contributed by atoms with Gasteiger partial charge in [0.15, 0.2) is 23.1 Å². The van der Waals surface area contributed by atoms with Crippen molar-refractivity contribution in [3.05, 3.63) is 78.5 Å². The summed E-state index contributed by atoms with van der Waals surface area (Å²) in [5, 5.41) is 6.13. The van der Waals surface area contributed by atoms with E-state index in [0.29, 0.717) is 46.7 Å². The van der Waals surface area contributed by atoms with E-state index in [0.717, 1.165) is 12.8 Å². The Hall–Kier alpha value is -4.73. The van der Waals surface area contributed by atoms with Crippen molar-refractivity contribution in [1.29, 1.82) is 0 Å². The fourth-order valence-corrected chi connectivity index (χ4v) is 5.08. The second-order valence-electron chi connectivity index (χ2n) is 9.76. The van der Waals surface area contributed by atoms with Crippen LogP contribution < -0.4 is 24.8 Å². The molecule has 4 aromatic rings. The fraction of sp³-hybridized carbons (Fsp3) is 0.258. The summed E-state index contributed by atoms with van der Waals surface area (Å²) in [5.74, 6) is -1.59. The third kappa shape index (κ3) is 6.21. The average Bonchev–Trinajstić information content (AvgIpc) is 2.99. The fourth-order valence-electron chi connectivity index (χ4n) is 5.08. The highest BCUT2D eigenvalue weighted by atomic mass is 19.1. The Balaban J connectivity index is 1.29. The minimum Gasteiger partial charge on any atom is -0.493 e. The number of carbonyl (C=O) groups is 2. The predicted octanol–water partition coefficient (Wildman–Crippen LogP) is 6.71. The maximum Gasteiger partial charge on any atom is 0.228 e. The highest BCUT2D eigenvalue weighted by molar-refractivity contribution is 6.00. The zero-order valence-electron chi connectivity index (χ0n) is 22.6. The van der Waals surface area contributed by atoms with Gasteiger partial charge in [0.25, 0.3) is 0 Å². The summed E-state index contributed by atoms with van der Waals surface area (Å²) < 4.78 is 44.9. The molecular weight excluding hydrogens is 532 g/mol. The van der Waals surface area contributed by atoms with E-state index in [2.05, 4.69) is 15.6 Å². The number of aromatic nitrogens is 1. The average molecular weight is 562 g/mol. The van der Waals surface area contributed by atoms with E-state index in [-0.39, 0.29) is 23.3 Å². The summed E-state index contributed by atoms with van der Waals surface area (Å²) >= 11 is 0. The molecule has 0 unspecified atom stereocenters. The number of hydrogen-bond acceptors (Lipinski definition) is 6. The molecule has 10 heteroatoms. The van der Waals surface area contributed by atoms with Gasteiger partial charge in [0.2, 0.25) is 11.8 Å². The number of rotatable bonds is 8. The Morgan fingerprint density at radius 2 is 1.37 bits per heavy atom. The first kappa shape index (κ1) is 27.8. The van der Waals surface area contributed by atoms with Gasteiger partial charge in [0, 0.05) is 46.9 Å². The van der Waals surface area contributed by atoms with Crippen LogP contribution in [0.1, 0.15) is 25.7 Å². The van der Waals surface area contributed by atoms with Crippen molar-refractivity contribution in [1.82, 2.24) is 4.98 Å². The number of fused-ring (bicyclic) bond motifs is 1. The first-order valence-corrected chi connectivity index (χ1v) is 13.2. The highest BCUT2D eigenvalue weighted by Crippen LogP contribution is 2.38. The Morgan fingerprint density at radius 1 is 0.756 bits per heavy atom. The molecular formula is C31H29F2N3O5. The van der Waals surface area contributed by atoms with Gasteiger partial charge in [0.05, 0.1) is 19.7 Å². The number of ether oxygens (including phenoxy) is 3. The van der Waals surface area contributed by atoms with Gasteiger partial charge in [-0.15, -0.1) is 0 Å². The lowest BCUT2D eigenvalue weighted by molar-refractivity contribution is -0.130. The summed E-state index contributed by atoms with van der Waals surface area (Å²) in [6, 6.07) is 14.6. The lowest BCUT2D eigenvalue weighted by atomic mass is 9.78. The molecule has 2 amide bonds. The van der Waals surface area contributed by atoms with E-state index in [9.17, 15) is 14.0 Å². The molecule has 5 rings (SSSR count). The van der Waals surface area contributed by atoms with Gasteiger partial charge in [-0.2, -0.15) is 0 Å². The molecule has 0 bridgehead atoms. The van der Waals surface area contributed by atoms with Crippen LogP contribution in [0.2, 0.25) is 0 Å². The molecule has 3 aromatic carbocycles. The number of anilines is 2. The van der Waals surface area contributed by atoms with E-state index in [1.807, 2.05) is 0 Å². The third-order valence-electron chi connectivity index (χ3n) is 7.18. The first-order valence-electron chi connectivity index (χ1n) is 13.2. The van der Waals surface area contributed by atoms with Crippen molar-refractivity contribution in [2.75, 3.05) is 24.9 Å². The Bertz CT molecular complexity index is 1580. The number of nitrogens with one attached hydrogen (secondary N) is 2. The largest absolute Gasteiger partial charge is 0.493 e. The zero-order chi connectivity index (χ0) is 28.9. The number of benzene rings is 3. The van der Waals surface area contributed by atoms with E-state index in [1.54, 1.807) is 30.5 Å². The predicted molar refractivity (Wildman–Crippen MR) is 150 cm³/mol. The Labute approximate surface area is 235 Å². The molecule has 1 heterocycles. The minimum atomic E-state index is -0.678. The number of amides is 2. The summed E-state index contributed by atoms with van der Waals surface area (Å²) in [7, 11) is 3.04. The van der Waals surface area contributed by atoms with Gasteiger partial charge < -0.3 is 24.8 Å². The quantitative estimate of drug-likeness (QED) is 0.248. The van der Waals surface area contributed by atoms with E-state index < -0.39 is 23.5 Å². The molecule has 8 nitrogen and oxygen atoms in total. The van der Waals surface area contributed by atoms with Gasteiger partial charge in [-0.3, -0.25) is 14.6 Å². The first-order chi connectivity index (χ1) is 19.9. The van der Waals surface area contributed by atoms with Crippen molar-refractivity contribution in [3.63, 3.8) is 0 Å². The van der Waals surface area contributed by atoms with Crippen LogP contribution in [-0.4, -0.2) is 31.0 Å². The second-order valence-corrected chi connectivity index (χ2v) is 9.76. The molecule has 1 aromatic heterocycles. The van der Waals surface area contributed by atoms with Crippen LogP contribution >= 0.6 is 0 Å². The number of methoxy groups -OCH3 is 2. The molecule has 1 aliphatic carbocycles. The molecule has 2 atom stereocenters. The smallest absolute Gasteiger partial charge is 0.228 e. The van der Waals surface area contributed by atoms with E-state index in [1.165, 1.54) is 50.6 Å². The molecule has 0 spiro atoms. The summed E-state index contributed by atoms with van der Waals surface area (Å²) in [6.07, 6.45) is 4.23. The summed E-state index contributed by atoms with van der Waals surface area (Å²) in [4.78, 5) is 30.5. The third-order valence-corrected chi connectivity index (χ3v) is 7.18. The highest BCUT2D eigenvalue weighted by Gasteiger charge is 2.36. The lowest BCUT2D eigenvalue weighted by Crippen LogP contribution is -2.38. The van der Waals surface area contributed by atoms with Crippen LogP contribution in [0.5, 0.6) is 23.0 Å².